The van der Waals surface area contributed by atoms with E-state index in [1.165, 1.54) is 7.11 Å². The third-order valence-electron chi connectivity index (χ3n) is 4.53. The zero-order valence-corrected chi connectivity index (χ0v) is 16.1. The molecule has 0 bridgehead atoms. The normalized spacial score (nSPS) is 13.6. The Hall–Kier alpha value is -2.60. The lowest BCUT2D eigenvalue weighted by atomic mass is 10.1. The van der Waals surface area contributed by atoms with Crippen LogP contribution < -0.4 is 5.32 Å². The Labute approximate surface area is 159 Å². The Morgan fingerprint density at radius 2 is 2.00 bits per heavy atom. The van der Waals surface area contributed by atoms with Gasteiger partial charge in [-0.25, -0.2) is 0 Å². The zero-order valence-electron chi connectivity index (χ0n) is 16.1. The number of furan rings is 1. The highest BCUT2D eigenvalue weighted by Crippen LogP contribution is 2.30. The second-order valence-corrected chi connectivity index (χ2v) is 7.28. The van der Waals surface area contributed by atoms with Gasteiger partial charge >= 0.3 is 0 Å². The fourth-order valence-corrected chi connectivity index (χ4v) is 3.20. The number of rotatable bonds is 6. The lowest BCUT2D eigenvalue weighted by Crippen LogP contribution is -2.37. The van der Waals surface area contributed by atoms with E-state index in [4.69, 9.17) is 9.15 Å². The molecule has 2 aromatic rings. The van der Waals surface area contributed by atoms with Crippen LogP contribution in [0.3, 0.4) is 0 Å². The summed E-state index contributed by atoms with van der Waals surface area (Å²) in [7, 11) is 1.53. The summed E-state index contributed by atoms with van der Waals surface area (Å²) in [5.41, 5.74) is 2.76. The van der Waals surface area contributed by atoms with Crippen molar-refractivity contribution in [2.24, 2.45) is 5.92 Å². The Kier molecular flexibility index (Phi) is 5.96. The average Bonchev–Trinajstić information content (AvgIpc) is 3.05. The van der Waals surface area contributed by atoms with Gasteiger partial charge < -0.3 is 19.4 Å². The van der Waals surface area contributed by atoms with E-state index in [-0.39, 0.29) is 18.4 Å². The van der Waals surface area contributed by atoms with Crippen LogP contribution >= 0.6 is 0 Å². The SMILES string of the molecule is COCC(=O)N1CCc2oc(-c3ccc(NC(=O)CC(C)C)cc3)cc2C1. The molecule has 1 aliphatic heterocycles. The number of benzene rings is 1. The van der Waals surface area contributed by atoms with Crippen LogP contribution in [-0.4, -0.2) is 37.0 Å². The summed E-state index contributed by atoms with van der Waals surface area (Å²) in [5.74, 6) is 2.05. The number of carbonyl (C=O) groups is 2. The summed E-state index contributed by atoms with van der Waals surface area (Å²) < 4.78 is 10.9. The van der Waals surface area contributed by atoms with Crippen molar-refractivity contribution in [1.82, 2.24) is 4.90 Å². The second-order valence-electron chi connectivity index (χ2n) is 7.28. The summed E-state index contributed by atoms with van der Waals surface area (Å²) in [4.78, 5) is 25.7. The zero-order chi connectivity index (χ0) is 19.4. The van der Waals surface area contributed by atoms with Crippen molar-refractivity contribution in [3.8, 4) is 11.3 Å². The second kappa shape index (κ2) is 8.39. The minimum atomic E-state index is -0.00704. The van der Waals surface area contributed by atoms with Crippen LogP contribution in [0.2, 0.25) is 0 Å². The summed E-state index contributed by atoms with van der Waals surface area (Å²) in [5, 5.41) is 2.91. The quantitative estimate of drug-likeness (QED) is 0.845. The van der Waals surface area contributed by atoms with Gasteiger partial charge in [0, 0.05) is 49.9 Å². The standard InChI is InChI=1S/C21H26N2O4/c1-14(2)10-20(24)22-17-6-4-15(5-7-17)19-11-16-12-23(21(25)13-26-3)9-8-18(16)27-19/h4-7,11,14H,8-10,12-13H2,1-3H3,(H,22,24). The third-order valence-corrected chi connectivity index (χ3v) is 4.53. The van der Waals surface area contributed by atoms with E-state index in [1.54, 1.807) is 4.90 Å². The molecule has 0 atom stereocenters. The monoisotopic (exact) mass is 370 g/mol. The number of nitrogens with zero attached hydrogens (tertiary/aromatic N) is 1. The van der Waals surface area contributed by atoms with Gasteiger partial charge in [0.05, 0.1) is 0 Å². The minimum Gasteiger partial charge on any atom is -0.461 e. The smallest absolute Gasteiger partial charge is 0.248 e. The largest absolute Gasteiger partial charge is 0.461 e. The van der Waals surface area contributed by atoms with Crippen molar-refractivity contribution < 1.29 is 18.7 Å². The highest BCUT2D eigenvalue weighted by molar-refractivity contribution is 5.91. The fraction of sp³-hybridized carbons (Fsp3) is 0.429. The molecule has 1 aliphatic rings. The Balaban J connectivity index is 1.68. The predicted molar refractivity (Wildman–Crippen MR) is 103 cm³/mol. The van der Waals surface area contributed by atoms with Crippen molar-refractivity contribution in [1.29, 1.82) is 0 Å². The highest BCUT2D eigenvalue weighted by Gasteiger charge is 2.24. The van der Waals surface area contributed by atoms with Gasteiger partial charge in [-0.3, -0.25) is 9.59 Å². The highest BCUT2D eigenvalue weighted by atomic mass is 16.5. The van der Waals surface area contributed by atoms with Crippen LogP contribution in [0.1, 0.15) is 31.6 Å². The molecule has 2 amide bonds. The van der Waals surface area contributed by atoms with Crippen molar-refractivity contribution in [2.75, 3.05) is 25.6 Å². The fourth-order valence-electron chi connectivity index (χ4n) is 3.20. The first-order valence-electron chi connectivity index (χ1n) is 9.25. The van der Waals surface area contributed by atoms with E-state index in [9.17, 15) is 9.59 Å². The molecule has 3 rings (SSSR count). The van der Waals surface area contributed by atoms with E-state index in [0.29, 0.717) is 31.8 Å². The Morgan fingerprint density at radius 1 is 1.26 bits per heavy atom. The first-order chi connectivity index (χ1) is 13.0. The van der Waals surface area contributed by atoms with Crippen molar-refractivity contribution in [2.45, 2.75) is 33.2 Å². The molecule has 0 radical (unpaired) electrons. The van der Waals surface area contributed by atoms with E-state index >= 15 is 0 Å². The number of hydrogen-bond donors (Lipinski definition) is 1. The van der Waals surface area contributed by atoms with Crippen LogP contribution in [-0.2, 0) is 27.3 Å². The number of fused-ring (bicyclic) bond motifs is 1. The van der Waals surface area contributed by atoms with Gasteiger partial charge in [-0.15, -0.1) is 0 Å². The maximum absolute atomic E-state index is 12.0. The maximum atomic E-state index is 12.0. The van der Waals surface area contributed by atoms with Gasteiger partial charge in [-0.05, 0) is 36.2 Å². The van der Waals surface area contributed by atoms with Crippen LogP contribution in [0.4, 0.5) is 5.69 Å². The van der Waals surface area contributed by atoms with Gasteiger partial charge in [0.15, 0.2) is 0 Å². The maximum Gasteiger partial charge on any atom is 0.248 e. The van der Waals surface area contributed by atoms with Crippen LogP contribution in [0.15, 0.2) is 34.7 Å². The van der Waals surface area contributed by atoms with Crippen LogP contribution in [0, 0.1) is 5.92 Å². The molecule has 1 N–H and O–H groups in total. The molecular weight excluding hydrogens is 344 g/mol. The number of ether oxygens (including phenoxy) is 1. The van der Waals surface area contributed by atoms with Gasteiger partial charge in [0.25, 0.3) is 0 Å². The van der Waals surface area contributed by atoms with E-state index in [0.717, 1.165) is 28.3 Å². The van der Waals surface area contributed by atoms with E-state index in [2.05, 4.69) is 5.32 Å². The summed E-state index contributed by atoms with van der Waals surface area (Å²) in [6.07, 6.45) is 1.21. The van der Waals surface area contributed by atoms with Crippen molar-refractivity contribution in [3.05, 3.63) is 41.7 Å². The molecular formula is C21H26N2O4. The summed E-state index contributed by atoms with van der Waals surface area (Å²) in [6.45, 7) is 5.33. The lowest BCUT2D eigenvalue weighted by Gasteiger charge is -2.25. The molecule has 0 spiro atoms. The summed E-state index contributed by atoms with van der Waals surface area (Å²) in [6, 6.07) is 9.62. The number of hydrogen-bond acceptors (Lipinski definition) is 4. The predicted octanol–water partition coefficient (Wildman–Crippen LogP) is 3.46. The van der Waals surface area contributed by atoms with Crippen molar-refractivity contribution in [3.63, 3.8) is 0 Å². The molecule has 6 nitrogen and oxygen atoms in total. The topological polar surface area (TPSA) is 71.8 Å². The number of amides is 2. The molecule has 144 valence electrons. The van der Waals surface area contributed by atoms with Gasteiger partial charge in [-0.1, -0.05) is 13.8 Å². The molecule has 0 saturated carbocycles. The molecule has 27 heavy (non-hydrogen) atoms. The van der Waals surface area contributed by atoms with Crippen LogP contribution in [0.5, 0.6) is 0 Å². The molecule has 0 fully saturated rings. The Morgan fingerprint density at radius 3 is 2.67 bits per heavy atom. The first-order valence-corrected chi connectivity index (χ1v) is 9.25. The summed E-state index contributed by atoms with van der Waals surface area (Å²) >= 11 is 0. The molecule has 1 aromatic heterocycles. The molecule has 2 heterocycles. The number of carbonyl (C=O) groups excluding carboxylic acids is 2. The number of anilines is 1. The van der Waals surface area contributed by atoms with E-state index in [1.807, 2.05) is 44.2 Å². The molecule has 0 unspecified atom stereocenters. The number of nitrogens with one attached hydrogen (secondary N) is 1. The van der Waals surface area contributed by atoms with E-state index < -0.39 is 0 Å². The molecule has 1 aromatic carbocycles. The van der Waals surface area contributed by atoms with Gasteiger partial charge in [0.2, 0.25) is 11.8 Å². The lowest BCUT2D eigenvalue weighted by molar-refractivity contribution is -0.136. The van der Waals surface area contributed by atoms with Crippen molar-refractivity contribution >= 4 is 17.5 Å². The number of methoxy groups -OCH3 is 1. The first kappa shape index (κ1) is 19.2. The minimum absolute atomic E-state index is 0.00704. The Bertz CT molecular complexity index is 808. The third kappa shape index (κ3) is 4.77. The van der Waals surface area contributed by atoms with Crippen LogP contribution in [0.25, 0.3) is 11.3 Å². The van der Waals surface area contributed by atoms with Gasteiger partial charge in [0.1, 0.15) is 18.1 Å². The van der Waals surface area contributed by atoms with Gasteiger partial charge in [-0.2, -0.15) is 0 Å². The molecule has 0 saturated heterocycles. The molecule has 6 heteroatoms. The average molecular weight is 370 g/mol. The molecule has 0 aliphatic carbocycles.